The summed E-state index contributed by atoms with van der Waals surface area (Å²) >= 11 is 4.61. The fourth-order valence-corrected chi connectivity index (χ4v) is 3.25. The van der Waals surface area contributed by atoms with E-state index in [1.54, 1.807) is 12.1 Å². The number of Topliss-reactive ketones (excluding diaryl/α,β-unsaturated/α-hetero) is 1. The van der Waals surface area contributed by atoms with E-state index in [-0.39, 0.29) is 11.5 Å². The van der Waals surface area contributed by atoms with E-state index in [1.807, 2.05) is 38.1 Å². The molecule has 0 bridgehead atoms. The van der Waals surface area contributed by atoms with Gasteiger partial charge in [0.05, 0.1) is 5.75 Å². The molecule has 0 aliphatic carbocycles. The van der Waals surface area contributed by atoms with E-state index in [0.29, 0.717) is 16.7 Å². The summed E-state index contributed by atoms with van der Waals surface area (Å²) in [5, 5.41) is 8.49. The third-order valence-corrected chi connectivity index (χ3v) is 4.72. The lowest BCUT2D eigenvalue weighted by molar-refractivity contribution is 0.102. The maximum absolute atomic E-state index is 12.2. The molecular weight excluding hydrogens is 388 g/mol. The number of ketones is 1. The predicted molar refractivity (Wildman–Crippen MR) is 98.4 cm³/mol. The molecule has 3 aromatic rings. The summed E-state index contributed by atoms with van der Waals surface area (Å²) in [4.78, 5) is 12.2. The molecule has 6 heteroatoms. The van der Waals surface area contributed by atoms with Crippen molar-refractivity contribution in [3.05, 3.63) is 63.6 Å². The second-order valence-corrected chi connectivity index (χ2v) is 7.31. The summed E-state index contributed by atoms with van der Waals surface area (Å²) in [6.45, 7) is 4.05. The van der Waals surface area contributed by atoms with Crippen LogP contribution in [0, 0.1) is 13.8 Å². The monoisotopic (exact) mass is 402 g/mol. The highest BCUT2D eigenvalue weighted by atomic mass is 79.9. The van der Waals surface area contributed by atoms with Gasteiger partial charge in [0, 0.05) is 15.6 Å². The zero-order valence-electron chi connectivity index (χ0n) is 13.2. The van der Waals surface area contributed by atoms with Crippen molar-refractivity contribution >= 4 is 33.5 Å². The van der Waals surface area contributed by atoms with Crippen LogP contribution in [0.5, 0.6) is 0 Å². The van der Waals surface area contributed by atoms with Crippen LogP contribution in [0.25, 0.3) is 11.5 Å². The van der Waals surface area contributed by atoms with Crippen molar-refractivity contribution in [3.63, 3.8) is 0 Å². The first-order valence-electron chi connectivity index (χ1n) is 7.35. The molecule has 0 atom stereocenters. The Morgan fingerprint density at radius 1 is 1.08 bits per heavy atom. The molecule has 0 fully saturated rings. The molecule has 0 spiro atoms. The van der Waals surface area contributed by atoms with Gasteiger partial charge in [-0.1, -0.05) is 57.0 Å². The maximum Gasteiger partial charge on any atom is 0.277 e. The Morgan fingerprint density at radius 2 is 1.75 bits per heavy atom. The number of aromatic nitrogens is 2. The van der Waals surface area contributed by atoms with E-state index >= 15 is 0 Å². The Bertz CT molecular complexity index is 855. The molecule has 2 aromatic carbocycles. The van der Waals surface area contributed by atoms with Crippen LogP contribution in [-0.4, -0.2) is 21.7 Å². The first-order chi connectivity index (χ1) is 11.5. The maximum atomic E-state index is 12.2. The minimum atomic E-state index is 0.0265. The number of carbonyl (C=O) groups excluding carboxylic acids is 1. The molecule has 0 N–H and O–H groups in total. The number of aryl methyl sites for hydroxylation is 2. The standard InChI is InChI=1S/C18H15BrN2O2S/c1-11-7-12(2)9-14(8-11)17-20-21-18(23-17)24-10-16(22)13-3-5-15(19)6-4-13/h3-9H,10H2,1-2H3. The Hall–Kier alpha value is -1.92. The zero-order valence-corrected chi connectivity index (χ0v) is 15.6. The molecule has 0 saturated carbocycles. The largest absolute Gasteiger partial charge is 0.411 e. The van der Waals surface area contributed by atoms with Gasteiger partial charge in [-0.2, -0.15) is 0 Å². The van der Waals surface area contributed by atoms with Crippen molar-refractivity contribution in [1.29, 1.82) is 0 Å². The molecule has 0 saturated heterocycles. The fraction of sp³-hybridized carbons (Fsp3) is 0.167. The minimum absolute atomic E-state index is 0.0265. The van der Waals surface area contributed by atoms with Crippen molar-refractivity contribution in [2.45, 2.75) is 19.1 Å². The molecule has 4 nitrogen and oxygen atoms in total. The summed E-state index contributed by atoms with van der Waals surface area (Å²) in [6.07, 6.45) is 0. The van der Waals surface area contributed by atoms with Crippen LogP contribution in [0.15, 0.2) is 56.6 Å². The molecule has 0 aliphatic heterocycles. The quantitative estimate of drug-likeness (QED) is 0.439. The molecule has 0 aliphatic rings. The Kier molecular flexibility index (Phi) is 5.16. The van der Waals surface area contributed by atoms with Gasteiger partial charge in [-0.15, -0.1) is 10.2 Å². The molecule has 1 aromatic heterocycles. The van der Waals surface area contributed by atoms with Crippen LogP contribution < -0.4 is 0 Å². The first-order valence-corrected chi connectivity index (χ1v) is 9.13. The summed E-state index contributed by atoms with van der Waals surface area (Å²) in [5.41, 5.74) is 3.84. The van der Waals surface area contributed by atoms with Gasteiger partial charge in [0.25, 0.3) is 5.22 Å². The lowest BCUT2D eigenvalue weighted by Crippen LogP contribution is -2.01. The number of thioether (sulfide) groups is 1. The summed E-state index contributed by atoms with van der Waals surface area (Å²) in [6, 6.07) is 13.4. The van der Waals surface area contributed by atoms with Crippen LogP contribution in [0.2, 0.25) is 0 Å². The smallest absolute Gasteiger partial charge is 0.277 e. The molecule has 0 radical (unpaired) electrons. The highest BCUT2D eigenvalue weighted by Crippen LogP contribution is 2.25. The van der Waals surface area contributed by atoms with Crippen molar-refractivity contribution < 1.29 is 9.21 Å². The lowest BCUT2D eigenvalue weighted by atomic mass is 10.1. The molecule has 122 valence electrons. The van der Waals surface area contributed by atoms with Gasteiger partial charge in [0.1, 0.15) is 0 Å². The molecule has 0 unspecified atom stereocenters. The van der Waals surface area contributed by atoms with Gasteiger partial charge in [0.15, 0.2) is 5.78 Å². The third-order valence-electron chi connectivity index (χ3n) is 3.37. The second kappa shape index (κ2) is 7.32. The molecule has 24 heavy (non-hydrogen) atoms. The van der Waals surface area contributed by atoms with Gasteiger partial charge >= 0.3 is 0 Å². The van der Waals surface area contributed by atoms with Crippen LogP contribution >= 0.6 is 27.7 Å². The van der Waals surface area contributed by atoms with E-state index in [4.69, 9.17) is 4.42 Å². The highest BCUT2D eigenvalue weighted by molar-refractivity contribution is 9.10. The number of rotatable bonds is 5. The first kappa shape index (κ1) is 16.9. The molecule has 1 heterocycles. The lowest BCUT2D eigenvalue weighted by Gasteiger charge is -2.00. The van der Waals surface area contributed by atoms with E-state index in [2.05, 4.69) is 32.2 Å². The van der Waals surface area contributed by atoms with E-state index in [0.717, 1.165) is 21.2 Å². The number of benzene rings is 2. The van der Waals surface area contributed by atoms with Crippen molar-refractivity contribution in [1.82, 2.24) is 10.2 Å². The van der Waals surface area contributed by atoms with Crippen molar-refractivity contribution in [2.24, 2.45) is 0 Å². The number of hydrogen-bond donors (Lipinski definition) is 0. The van der Waals surface area contributed by atoms with Crippen LogP contribution in [0.4, 0.5) is 0 Å². The molecule has 3 rings (SSSR count). The highest BCUT2D eigenvalue weighted by Gasteiger charge is 2.13. The average molecular weight is 403 g/mol. The summed E-state index contributed by atoms with van der Waals surface area (Å²) < 4.78 is 6.61. The SMILES string of the molecule is Cc1cc(C)cc(-c2nnc(SCC(=O)c3ccc(Br)cc3)o2)c1. The summed E-state index contributed by atoms with van der Waals surface area (Å²) in [7, 11) is 0. The summed E-state index contributed by atoms with van der Waals surface area (Å²) in [5.74, 6) is 0.759. The van der Waals surface area contributed by atoms with E-state index < -0.39 is 0 Å². The van der Waals surface area contributed by atoms with Gasteiger partial charge < -0.3 is 4.42 Å². The number of nitrogens with zero attached hydrogens (tertiary/aromatic N) is 2. The Labute approximate surface area is 152 Å². The van der Waals surface area contributed by atoms with Gasteiger partial charge in [-0.25, -0.2) is 0 Å². The number of carbonyl (C=O) groups is 1. The fourth-order valence-electron chi connectivity index (χ4n) is 2.33. The minimum Gasteiger partial charge on any atom is -0.411 e. The van der Waals surface area contributed by atoms with E-state index in [9.17, 15) is 4.79 Å². The topological polar surface area (TPSA) is 56.0 Å². The van der Waals surface area contributed by atoms with Gasteiger partial charge in [0.2, 0.25) is 5.89 Å². The number of halogens is 1. The van der Waals surface area contributed by atoms with E-state index in [1.165, 1.54) is 11.8 Å². The van der Waals surface area contributed by atoms with Crippen molar-refractivity contribution in [3.8, 4) is 11.5 Å². The van der Waals surface area contributed by atoms with Crippen LogP contribution in [-0.2, 0) is 0 Å². The van der Waals surface area contributed by atoms with Gasteiger partial charge in [-0.3, -0.25) is 4.79 Å². The van der Waals surface area contributed by atoms with Crippen molar-refractivity contribution in [2.75, 3.05) is 5.75 Å². The third kappa shape index (κ3) is 4.13. The zero-order chi connectivity index (χ0) is 17.1. The number of hydrogen-bond acceptors (Lipinski definition) is 5. The van der Waals surface area contributed by atoms with Crippen LogP contribution in [0.3, 0.4) is 0 Å². The molecular formula is C18H15BrN2O2S. The second-order valence-electron chi connectivity index (χ2n) is 5.47. The molecule has 0 amide bonds. The Balaban J connectivity index is 1.68. The normalized spacial score (nSPS) is 10.8. The average Bonchev–Trinajstić information content (AvgIpc) is 3.01. The Morgan fingerprint density at radius 3 is 2.42 bits per heavy atom. The predicted octanol–water partition coefficient (Wildman–Crippen LogP) is 5.09. The van der Waals surface area contributed by atoms with Crippen LogP contribution in [0.1, 0.15) is 21.5 Å². The van der Waals surface area contributed by atoms with Gasteiger partial charge in [-0.05, 0) is 38.1 Å².